The molecule has 0 saturated heterocycles. The SMILES string of the molecule is COc1ccc(C2(C=O)CC2)c(OC)c1OC. The van der Waals surface area contributed by atoms with Crippen molar-refractivity contribution in [1.82, 2.24) is 0 Å². The van der Waals surface area contributed by atoms with Gasteiger partial charge in [0.15, 0.2) is 11.5 Å². The second kappa shape index (κ2) is 4.28. The molecule has 0 radical (unpaired) electrons. The molecule has 1 aliphatic rings. The van der Waals surface area contributed by atoms with E-state index in [1.54, 1.807) is 27.4 Å². The predicted octanol–water partition coefficient (Wildman–Crippen LogP) is 1.94. The Morgan fingerprint density at radius 2 is 1.71 bits per heavy atom. The highest BCUT2D eigenvalue weighted by Crippen LogP contribution is 2.53. The highest BCUT2D eigenvalue weighted by atomic mass is 16.5. The van der Waals surface area contributed by atoms with Gasteiger partial charge in [0.05, 0.1) is 26.7 Å². The van der Waals surface area contributed by atoms with Gasteiger partial charge in [0.25, 0.3) is 0 Å². The first-order valence-electron chi connectivity index (χ1n) is 5.48. The number of hydrogen-bond donors (Lipinski definition) is 0. The topological polar surface area (TPSA) is 44.8 Å². The van der Waals surface area contributed by atoms with Crippen molar-refractivity contribution in [3.05, 3.63) is 17.7 Å². The van der Waals surface area contributed by atoms with Gasteiger partial charge in [-0.3, -0.25) is 0 Å². The predicted molar refractivity (Wildman–Crippen MR) is 63.1 cm³/mol. The Balaban J connectivity index is 2.57. The number of ether oxygens (including phenoxy) is 3. The molecular weight excluding hydrogens is 220 g/mol. The average molecular weight is 236 g/mol. The van der Waals surface area contributed by atoms with Crippen molar-refractivity contribution in [2.75, 3.05) is 21.3 Å². The standard InChI is InChI=1S/C13H16O4/c1-15-10-5-4-9(13(8-14)6-7-13)11(16-2)12(10)17-3/h4-5,8H,6-7H2,1-3H3. The van der Waals surface area contributed by atoms with Gasteiger partial charge >= 0.3 is 0 Å². The molecular formula is C13H16O4. The van der Waals surface area contributed by atoms with Gasteiger partial charge in [-0.2, -0.15) is 0 Å². The minimum atomic E-state index is -0.384. The minimum Gasteiger partial charge on any atom is -0.493 e. The van der Waals surface area contributed by atoms with E-state index < -0.39 is 0 Å². The summed E-state index contributed by atoms with van der Waals surface area (Å²) in [5.41, 5.74) is 0.498. The normalized spacial score (nSPS) is 16.2. The second-order valence-corrected chi connectivity index (χ2v) is 4.16. The lowest BCUT2D eigenvalue weighted by molar-refractivity contribution is -0.109. The lowest BCUT2D eigenvalue weighted by atomic mass is 9.96. The molecule has 17 heavy (non-hydrogen) atoms. The highest BCUT2D eigenvalue weighted by Gasteiger charge is 2.47. The Kier molecular flexibility index (Phi) is 2.96. The number of rotatable bonds is 5. The van der Waals surface area contributed by atoms with Crippen molar-refractivity contribution in [3.8, 4) is 17.2 Å². The van der Waals surface area contributed by atoms with E-state index in [0.29, 0.717) is 17.2 Å². The van der Waals surface area contributed by atoms with Crippen molar-refractivity contribution in [2.45, 2.75) is 18.3 Å². The summed E-state index contributed by atoms with van der Waals surface area (Å²) in [6.07, 6.45) is 2.72. The Morgan fingerprint density at radius 3 is 2.12 bits per heavy atom. The van der Waals surface area contributed by atoms with E-state index in [0.717, 1.165) is 24.7 Å². The van der Waals surface area contributed by atoms with E-state index in [1.165, 1.54) is 0 Å². The fraction of sp³-hybridized carbons (Fsp3) is 0.462. The fourth-order valence-electron chi connectivity index (χ4n) is 2.08. The molecule has 0 aliphatic heterocycles. The molecule has 0 spiro atoms. The summed E-state index contributed by atoms with van der Waals surface area (Å²) < 4.78 is 15.9. The van der Waals surface area contributed by atoms with Crippen LogP contribution in [0.1, 0.15) is 18.4 Å². The molecule has 1 aromatic carbocycles. The molecule has 0 amide bonds. The molecule has 0 bridgehead atoms. The van der Waals surface area contributed by atoms with Crippen LogP contribution in [0.3, 0.4) is 0 Å². The summed E-state index contributed by atoms with van der Waals surface area (Å²) in [5, 5.41) is 0. The molecule has 0 heterocycles. The van der Waals surface area contributed by atoms with Gasteiger partial charge in [-0.1, -0.05) is 6.07 Å². The molecule has 0 atom stereocenters. The Labute approximate surface area is 100 Å². The largest absolute Gasteiger partial charge is 0.493 e. The smallest absolute Gasteiger partial charge is 0.203 e. The third-order valence-electron chi connectivity index (χ3n) is 3.25. The highest BCUT2D eigenvalue weighted by molar-refractivity contribution is 5.77. The number of benzene rings is 1. The zero-order chi connectivity index (χ0) is 12.5. The molecule has 4 heteroatoms. The van der Waals surface area contributed by atoms with Crippen LogP contribution in [0.4, 0.5) is 0 Å². The van der Waals surface area contributed by atoms with Gasteiger partial charge in [-0.25, -0.2) is 0 Å². The van der Waals surface area contributed by atoms with Crippen molar-refractivity contribution in [1.29, 1.82) is 0 Å². The van der Waals surface area contributed by atoms with Crippen molar-refractivity contribution < 1.29 is 19.0 Å². The quantitative estimate of drug-likeness (QED) is 0.733. The second-order valence-electron chi connectivity index (χ2n) is 4.16. The molecule has 0 aromatic heterocycles. The number of methoxy groups -OCH3 is 3. The average Bonchev–Trinajstić information content (AvgIpc) is 3.17. The van der Waals surface area contributed by atoms with E-state index >= 15 is 0 Å². The summed E-state index contributed by atoms with van der Waals surface area (Å²) >= 11 is 0. The fourth-order valence-corrected chi connectivity index (χ4v) is 2.08. The van der Waals surface area contributed by atoms with E-state index in [4.69, 9.17) is 14.2 Å². The molecule has 1 saturated carbocycles. The Morgan fingerprint density at radius 1 is 1.06 bits per heavy atom. The van der Waals surface area contributed by atoms with Crippen LogP contribution >= 0.6 is 0 Å². The Hall–Kier alpha value is -1.71. The van der Waals surface area contributed by atoms with Crippen LogP contribution in [-0.2, 0) is 10.2 Å². The zero-order valence-corrected chi connectivity index (χ0v) is 10.3. The van der Waals surface area contributed by atoms with Gasteiger partial charge in [0.1, 0.15) is 6.29 Å². The van der Waals surface area contributed by atoms with Gasteiger partial charge in [0, 0.05) is 5.56 Å². The first-order chi connectivity index (χ1) is 8.22. The third-order valence-corrected chi connectivity index (χ3v) is 3.25. The molecule has 1 aromatic rings. The van der Waals surface area contributed by atoms with Crippen molar-refractivity contribution in [3.63, 3.8) is 0 Å². The van der Waals surface area contributed by atoms with Crippen LogP contribution in [0.25, 0.3) is 0 Å². The third kappa shape index (κ3) is 1.73. The summed E-state index contributed by atoms with van der Waals surface area (Å²) in [6.45, 7) is 0. The van der Waals surface area contributed by atoms with E-state index in [1.807, 2.05) is 6.07 Å². The van der Waals surface area contributed by atoms with Gasteiger partial charge in [-0.15, -0.1) is 0 Å². The van der Waals surface area contributed by atoms with Crippen LogP contribution in [-0.4, -0.2) is 27.6 Å². The zero-order valence-electron chi connectivity index (χ0n) is 10.3. The summed E-state index contributed by atoms with van der Waals surface area (Å²) in [4.78, 5) is 11.2. The number of hydrogen-bond acceptors (Lipinski definition) is 4. The van der Waals surface area contributed by atoms with Crippen molar-refractivity contribution in [2.24, 2.45) is 0 Å². The Bertz CT molecular complexity index is 435. The number of aldehydes is 1. The maximum absolute atomic E-state index is 11.2. The van der Waals surface area contributed by atoms with Crippen molar-refractivity contribution >= 4 is 6.29 Å². The van der Waals surface area contributed by atoms with Crippen LogP contribution in [0, 0.1) is 0 Å². The van der Waals surface area contributed by atoms with Gasteiger partial charge in [0.2, 0.25) is 5.75 Å². The summed E-state index contributed by atoms with van der Waals surface area (Å²) in [7, 11) is 4.70. The summed E-state index contributed by atoms with van der Waals surface area (Å²) in [6, 6.07) is 3.68. The van der Waals surface area contributed by atoms with E-state index in [9.17, 15) is 4.79 Å². The summed E-state index contributed by atoms with van der Waals surface area (Å²) in [5.74, 6) is 1.74. The van der Waals surface area contributed by atoms with Gasteiger partial charge in [-0.05, 0) is 18.9 Å². The lowest BCUT2D eigenvalue weighted by Gasteiger charge is -2.18. The number of carbonyl (C=O) groups is 1. The molecule has 2 rings (SSSR count). The van der Waals surface area contributed by atoms with Crippen LogP contribution in [0.5, 0.6) is 17.2 Å². The molecule has 4 nitrogen and oxygen atoms in total. The lowest BCUT2D eigenvalue weighted by Crippen LogP contribution is -2.11. The van der Waals surface area contributed by atoms with E-state index in [2.05, 4.69) is 0 Å². The van der Waals surface area contributed by atoms with Crippen LogP contribution in [0.2, 0.25) is 0 Å². The molecule has 1 fully saturated rings. The maximum atomic E-state index is 11.2. The molecule has 0 N–H and O–H groups in total. The van der Waals surface area contributed by atoms with E-state index in [-0.39, 0.29) is 5.41 Å². The van der Waals surface area contributed by atoms with Crippen LogP contribution < -0.4 is 14.2 Å². The molecule has 0 unspecified atom stereocenters. The monoisotopic (exact) mass is 236 g/mol. The maximum Gasteiger partial charge on any atom is 0.203 e. The first-order valence-corrected chi connectivity index (χ1v) is 5.48. The van der Waals surface area contributed by atoms with Gasteiger partial charge < -0.3 is 19.0 Å². The van der Waals surface area contributed by atoms with Crippen LogP contribution in [0.15, 0.2) is 12.1 Å². The molecule has 1 aliphatic carbocycles. The first kappa shape index (κ1) is 11.8. The number of carbonyl (C=O) groups excluding carboxylic acids is 1. The molecule has 92 valence electrons. The minimum absolute atomic E-state index is 0.384.